The van der Waals surface area contributed by atoms with Crippen LogP contribution in [0.2, 0.25) is 0 Å². The van der Waals surface area contributed by atoms with E-state index in [1.807, 2.05) is 37.3 Å². The lowest BCUT2D eigenvalue weighted by atomic mass is 10.1. The number of benzene rings is 1. The van der Waals surface area contributed by atoms with E-state index >= 15 is 0 Å². The van der Waals surface area contributed by atoms with Gasteiger partial charge in [0.05, 0.1) is 0 Å². The molecule has 3 heterocycles. The largest absolute Gasteiger partial charge is 0.416 e. The first-order valence-electron chi connectivity index (χ1n) is 7.10. The first-order chi connectivity index (χ1) is 11.2. The Morgan fingerprint density at radius 3 is 2.61 bits per heavy atom. The molecule has 0 saturated heterocycles. The van der Waals surface area contributed by atoms with Gasteiger partial charge in [0.1, 0.15) is 11.2 Å². The first kappa shape index (κ1) is 13.4. The van der Waals surface area contributed by atoms with Crippen LogP contribution in [0.3, 0.4) is 0 Å². The van der Waals surface area contributed by atoms with E-state index in [-0.39, 0.29) is 17.0 Å². The average Bonchev–Trinajstić information content (AvgIpc) is 3.06. The zero-order chi connectivity index (χ0) is 15.8. The second-order valence-corrected chi connectivity index (χ2v) is 5.18. The maximum absolute atomic E-state index is 12.5. The van der Waals surface area contributed by atoms with Gasteiger partial charge in [-0.25, -0.2) is 4.98 Å². The van der Waals surface area contributed by atoms with Crippen LogP contribution in [0.1, 0.15) is 5.56 Å². The number of hydrogen-bond acceptors (Lipinski definition) is 5. The fourth-order valence-electron chi connectivity index (χ4n) is 2.32. The lowest BCUT2D eigenvalue weighted by Gasteiger charge is -2.00. The van der Waals surface area contributed by atoms with Crippen molar-refractivity contribution in [1.29, 1.82) is 0 Å². The van der Waals surface area contributed by atoms with Crippen LogP contribution in [0, 0.1) is 6.92 Å². The maximum Gasteiger partial charge on any atom is 0.270 e. The Balaban J connectivity index is 1.82. The number of aryl methyl sites for hydroxylation is 1. The van der Waals surface area contributed by atoms with Crippen LogP contribution in [0.5, 0.6) is 0 Å². The van der Waals surface area contributed by atoms with E-state index in [9.17, 15) is 4.79 Å². The van der Waals surface area contributed by atoms with Crippen LogP contribution in [-0.4, -0.2) is 19.6 Å². The van der Waals surface area contributed by atoms with Crippen LogP contribution in [-0.2, 0) is 0 Å². The smallest absolute Gasteiger partial charge is 0.270 e. The summed E-state index contributed by atoms with van der Waals surface area (Å²) in [5, 5.41) is 8.00. The third-order valence-corrected chi connectivity index (χ3v) is 3.57. The average molecular weight is 304 g/mol. The summed E-state index contributed by atoms with van der Waals surface area (Å²) in [7, 11) is 0. The van der Waals surface area contributed by atoms with E-state index in [4.69, 9.17) is 4.42 Å². The topological polar surface area (TPSA) is 73.3 Å². The van der Waals surface area contributed by atoms with E-state index < -0.39 is 0 Å². The van der Waals surface area contributed by atoms with E-state index in [1.165, 1.54) is 10.6 Å². The normalized spacial score (nSPS) is 11.0. The van der Waals surface area contributed by atoms with E-state index in [0.717, 1.165) is 11.1 Å². The molecule has 0 radical (unpaired) electrons. The highest BCUT2D eigenvalue weighted by atomic mass is 16.4. The summed E-state index contributed by atoms with van der Waals surface area (Å²) in [5.41, 5.74) is 2.56. The monoisotopic (exact) mass is 304 g/mol. The molecule has 0 bridgehead atoms. The molecule has 0 saturated carbocycles. The molecule has 0 spiro atoms. The molecule has 6 heteroatoms. The maximum atomic E-state index is 12.5. The molecule has 112 valence electrons. The fraction of sp³-hybridized carbons (Fsp3) is 0.0588. The van der Waals surface area contributed by atoms with Crippen LogP contribution < -0.4 is 5.56 Å². The number of pyridine rings is 1. The van der Waals surface area contributed by atoms with E-state index in [1.54, 1.807) is 18.3 Å². The summed E-state index contributed by atoms with van der Waals surface area (Å²) >= 11 is 0. The highest BCUT2D eigenvalue weighted by Gasteiger charge is 2.15. The zero-order valence-corrected chi connectivity index (χ0v) is 12.3. The molecular formula is C17H12N4O2. The van der Waals surface area contributed by atoms with Crippen molar-refractivity contribution in [3.05, 3.63) is 70.8 Å². The summed E-state index contributed by atoms with van der Waals surface area (Å²) in [6.07, 6.45) is 3.12. The van der Waals surface area contributed by atoms with Crippen molar-refractivity contribution in [1.82, 2.24) is 19.6 Å². The van der Waals surface area contributed by atoms with Crippen molar-refractivity contribution < 1.29 is 4.42 Å². The minimum atomic E-state index is -0.241. The van der Waals surface area contributed by atoms with Crippen LogP contribution in [0.25, 0.3) is 28.6 Å². The van der Waals surface area contributed by atoms with Crippen molar-refractivity contribution in [2.45, 2.75) is 6.92 Å². The highest BCUT2D eigenvalue weighted by Crippen LogP contribution is 2.22. The third-order valence-electron chi connectivity index (χ3n) is 3.57. The van der Waals surface area contributed by atoms with Gasteiger partial charge in [-0.3, -0.25) is 9.20 Å². The predicted octanol–water partition coefficient (Wildman–Crippen LogP) is 2.72. The minimum absolute atomic E-state index is 0.163. The van der Waals surface area contributed by atoms with Crippen molar-refractivity contribution in [2.75, 3.05) is 0 Å². The molecule has 23 heavy (non-hydrogen) atoms. The lowest BCUT2D eigenvalue weighted by molar-refractivity contribution is 0.583. The molecule has 3 aromatic heterocycles. The van der Waals surface area contributed by atoms with Crippen molar-refractivity contribution in [3.8, 4) is 22.9 Å². The van der Waals surface area contributed by atoms with Crippen molar-refractivity contribution in [2.24, 2.45) is 0 Å². The molecule has 0 fully saturated rings. The second-order valence-electron chi connectivity index (χ2n) is 5.18. The molecule has 0 aliphatic carbocycles. The number of aromatic nitrogens is 4. The van der Waals surface area contributed by atoms with Gasteiger partial charge in [-0.2, -0.15) is 0 Å². The fourth-order valence-corrected chi connectivity index (χ4v) is 2.32. The standard InChI is InChI=1S/C17H12N4O2/c1-11-5-7-12(8-6-11)15-19-20-16(23-15)13-10-18-14-4-2-3-9-21(14)17(13)22/h2-10H,1H3. The Morgan fingerprint density at radius 2 is 1.78 bits per heavy atom. The van der Waals surface area contributed by atoms with E-state index in [2.05, 4.69) is 15.2 Å². The molecule has 0 aliphatic rings. The molecule has 4 rings (SSSR count). The van der Waals surface area contributed by atoms with Gasteiger partial charge in [-0.15, -0.1) is 10.2 Å². The third kappa shape index (κ3) is 2.30. The van der Waals surface area contributed by atoms with Gasteiger partial charge in [0, 0.05) is 18.0 Å². The lowest BCUT2D eigenvalue weighted by Crippen LogP contribution is -2.16. The molecule has 4 aromatic rings. The van der Waals surface area contributed by atoms with Crippen LogP contribution >= 0.6 is 0 Å². The Hall–Kier alpha value is -3.28. The molecular weight excluding hydrogens is 292 g/mol. The van der Waals surface area contributed by atoms with Crippen molar-refractivity contribution >= 4 is 5.65 Å². The molecule has 0 unspecified atom stereocenters. The number of nitrogens with zero attached hydrogens (tertiary/aromatic N) is 4. The molecule has 0 aliphatic heterocycles. The summed E-state index contributed by atoms with van der Waals surface area (Å²) < 4.78 is 7.10. The van der Waals surface area contributed by atoms with E-state index in [0.29, 0.717) is 11.5 Å². The van der Waals surface area contributed by atoms with Gasteiger partial charge < -0.3 is 4.42 Å². The van der Waals surface area contributed by atoms with Gasteiger partial charge in [0.25, 0.3) is 11.4 Å². The molecule has 6 nitrogen and oxygen atoms in total. The summed E-state index contributed by atoms with van der Waals surface area (Å²) in [6.45, 7) is 2.00. The molecule has 1 aromatic carbocycles. The van der Waals surface area contributed by atoms with Crippen molar-refractivity contribution in [3.63, 3.8) is 0 Å². The Labute approximate surface area is 131 Å². The summed E-state index contributed by atoms with van der Waals surface area (Å²) in [6, 6.07) is 13.1. The zero-order valence-electron chi connectivity index (χ0n) is 12.3. The number of hydrogen-bond donors (Lipinski definition) is 0. The Morgan fingerprint density at radius 1 is 1.00 bits per heavy atom. The SMILES string of the molecule is Cc1ccc(-c2nnc(-c3cnc4ccccn4c3=O)o2)cc1. The highest BCUT2D eigenvalue weighted by molar-refractivity contribution is 5.58. The van der Waals surface area contributed by atoms with Gasteiger partial charge >= 0.3 is 0 Å². The Kier molecular flexibility index (Phi) is 3.01. The number of rotatable bonds is 2. The second kappa shape index (κ2) is 5.17. The minimum Gasteiger partial charge on any atom is -0.416 e. The molecule has 0 atom stereocenters. The van der Waals surface area contributed by atoms with Gasteiger partial charge in [-0.1, -0.05) is 23.8 Å². The number of fused-ring (bicyclic) bond motifs is 1. The van der Waals surface area contributed by atoms with Crippen LogP contribution in [0.4, 0.5) is 0 Å². The van der Waals surface area contributed by atoms with Gasteiger partial charge in [0.2, 0.25) is 5.89 Å². The van der Waals surface area contributed by atoms with Gasteiger partial charge in [-0.05, 0) is 31.2 Å². The van der Waals surface area contributed by atoms with Gasteiger partial charge in [0.15, 0.2) is 0 Å². The first-order valence-corrected chi connectivity index (χ1v) is 7.10. The molecule has 0 N–H and O–H groups in total. The van der Waals surface area contributed by atoms with Crippen LogP contribution in [0.15, 0.2) is 64.1 Å². The predicted molar refractivity (Wildman–Crippen MR) is 84.9 cm³/mol. The molecule has 0 amide bonds. The quantitative estimate of drug-likeness (QED) is 0.569. The summed E-state index contributed by atoms with van der Waals surface area (Å²) in [4.78, 5) is 16.8. The Bertz CT molecular complexity index is 1050. The summed E-state index contributed by atoms with van der Waals surface area (Å²) in [5.74, 6) is 0.536.